The van der Waals surface area contributed by atoms with Crippen molar-refractivity contribution < 1.29 is 34.3 Å². The first kappa shape index (κ1) is 43.4. The molecule has 11 rings (SSSR count). The van der Waals surface area contributed by atoms with Crippen molar-refractivity contribution in [1.82, 2.24) is 5.32 Å². The van der Waals surface area contributed by atoms with Crippen LogP contribution >= 0.6 is 0 Å². The molecule has 9 bridgehead atoms. The second-order valence-electron chi connectivity index (χ2n) is 19.7. The van der Waals surface area contributed by atoms with Crippen molar-refractivity contribution in [2.75, 3.05) is 20.2 Å². The average molecular weight is 858 g/mol. The number of fused-ring (bicyclic) bond motifs is 2. The fourth-order valence-corrected chi connectivity index (χ4v) is 11.9. The number of benzene rings is 3. The molecule has 3 aromatic carbocycles. The molecule has 1 fully saturated rings. The molecule has 10 atom stereocenters. The monoisotopic (exact) mass is 857 g/mol. The predicted octanol–water partition coefficient (Wildman–Crippen LogP) is 8.91. The number of nitrogens with one attached hydrogen (secondary N) is 1. The summed E-state index contributed by atoms with van der Waals surface area (Å²) in [6, 6.07) is 12.0. The van der Waals surface area contributed by atoms with Crippen molar-refractivity contribution in [3.8, 4) is 51.9 Å². The molecule has 0 amide bonds. The number of nitrogens with zero attached hydrogens (tertiary/aromatic N) is 1. The number of aliphatic hydroxyl groups excluding tert-OH is 2. The van der Waals surface area contributed by atoms with Crippen LogP contribution in [0.5, 0.6) is 28.7 Å². The zero-order valence-electron chi connectivity index (χ0n) is 37.6. The van der Waals surface area contributed by atoms with Gasteiger partial charge in [0.25, 0.3) is 0 Å². The molecular weight excluding hydrogens is 791 g/mol. The Kier molecular flexibility index (Phi) is 12.9. The minimum Gasteiger partial charge on any atom is -0.508 e. The van der Waals surface area contributed by atoms with Crippen LogP contribution in [0.2, 0.25) is 0 Å². The Balaban J connectivity index is 1.15. The lowest BCUT2D eigenvalue weighted by atomic mass is 9.64. The van der Waals surface area contributed by atoms with Gasteiger partial charge in [-0.15, -0.1) is 0 Å². The summed E-state index contributed by atoms with van der Waals surface area (Å²) in [5.41, 5.74) is 13.5. The van der Waals surface area contributed by atoms with E-state index in [1.54, 1.807) is 7.11 Å². The number of guanidine groups is 1. The van der Waals surface area contributed by atoms with Gasteiger partial charge in [-0.1, -0.05) is 57.8 Å². The van der Waals surface area contributed by atoms with Gasteiger partial charge < -0.3 is 45.3 Å². The Morgan fingerprint density at radius 1 is 0.937 bits per heavy atom. The topological polar surface area (TPSA) is 148 Å². The van der Waals surface area contributed by atoms with Crippen LogP contribution in [-0.2, 0) is 19.3 Å². The number of nitrogens with two attached hydrogens (primary N) is 1. The van der Waals surface area contributed by atoms with Gasteiger partial charge in [-0.25, -0.2) is 0 Å². The van der Waals surface area contributed by atoms with Crippen molar-refractivity contribution in [2.24, 2.45) is 46.2 Å². The highest BCUT2D eigenvalue weighted by Crippen LogP contribution is 2.56. The number of hydrogen-bond donors (Lipinski definition) is 5. The molecule has 0 aromatic heterocycles. The highest BCUT2D eigenvalue weighted by molar-refractivity contribution is 5.84. The van der Waals surface area contributed by atoms with Gasteiger partial charge in [0.05, 0.1) is 19.3 Å². The highest BCUT2D eigenvalue weighted by atomic mass is 16.5. The molecule has 10 nitrogen and oxygen atoms in total. The van der Waals surface area contributed by atoms with E-state index in [1.807, 2.05) is 30.3 Å². The van der Waals surface area contributed by atoms with Crippen LogP contribution in [0.4, 0.5) is 0 Å². The fourth-order valence-electron chi connectivity index (χ4n) is 11.9. The van der Waals surface area contributed by atoms with Crippen molar-refractivity contribution in [1.29, 1.82) is 0 Å². The maximum Gasteiger partial charge on any atom is 0.188 e. The first-order chi connectivity index (χ1) is 30.6. The van der Waals surface area contributed by atoms with E-state index in [-0.39, 0.29) is 35.7 Å². The Morgan fingerprint density at radius 3 is 2.60 bits per heavy atom. The molecule has 3 aromatic rings. The number of hydrogen-bond acceptors (Lipinski definition) is 10. The van der Waals surface area contributed by atoms with Gasteiger partial charge in [0.2, 0.25) is 0 Å². The van der Waals surface area contributed by atoms with Gasteiger partial charge in [-0.05, 0) is 145 Å². The normalized spacial score (nSPS) is 30.2. The van der Waals surface area contributed by atoms with Crippen LogP contribution in [0.25, 0.3) is 11.1 Å². The Morgan fingerprint density at radius 2 is 1.78 bits per heavy atom. The molecule has 6 N–H and O–H groups in total. The van der Waals surface area contributed by atoms with E-state index in [1.165, 1.54) is 5.56 Å². The van der Waals surface area contributed by atoms with Crippen molar-refractivity contribution >= 4 is 5.96 Å². The summed E-state index contributed by atoms with van der Waals surface area (Å²) in [6.45, 7) is 7.86. The first-order valence-corrected chi connectivity index (χ1v) is 23.9. The lowest BCUT2D eigenvalue weighted by molar-refractivity contribution is 0.0188. The summed E-state index contributed by atoms with van der Waals surface area (Å²) in [4.78, 5) is 4.62. The third-order valence-electron chi connectivity index (χ3n) is 15.1. The molecule has 5 aliphatic heterocycles. The summed E-state index contributed by atoms with van der Waals surface area (Å²) in [5.74, 6) is 8.45. The molecular formula is C53H67N3O7. The maximum atomic E-state index is 12.3. The van der Waals surface area contributed by atoms with Crippen LogP contribution in [0.1, 0.15) is 125 Å². The van der Waals surface area contributed by atoms with Gasteiger partial charge in [-0.2, -0.15) is 0 Å². The highest BCUT2D eigenvalue weighted by Gasteiger charge is 2.43. The van der Waals surface area contributed by atoms with Crippen LogP contribution in [0.15, 0.2) is 53.5 Å². The second-order valence-corrected chi connectivity index (χ2v) is 19.7. The second kappa shape index (κ2) is 18.7. The van der Waals surface area contributed by atoms with E-state index < -0.39 is 18.3 Å². The van der Waals surface area contributed by atoms with Gasteiger partial charge in [0.15, 0.2) is 17.5 Å². The first-order valence-electron chi connectivity index (χ1n) is 23.9. The van der Waals surface area contributed by atoms with E-state index in [0.29, 0.717) is 73.8 Å². The third kappa shape index (κ3) is 8.98. The summed E-state index contributed by atoms with van der Waals surface area (Å²) in [6.07, 6.45) is 16.4. The van der Waals surface area contributed by atoms with E-state index in [4.69, 9.17) is 24.7 Å². The third-order valence-corrected chi connectivity index (χ3v) is 15.1. The maximum absolute atomic E-state index is 12.3. The number of aromatic hydroxyl groups is 1. The Bertz CT molecular complexity index is 2280. The summed E-state index contributed by atoms with van der Waals surface area (Å²) < 4.78 is 26.3. The molecule has 63 heavy (non-hydrogen) atoms. The fraction of sp³-hybridized carbons (Fsp3) is 0.566. The van der Waals surface area contributed by atoms with E-state index in [2.05, 4.69) is 61.3 Å². The van der Waals surface area contributed by atoms with Gasteiger partial charge in [0, 0.05) is 49.0 Å². The van der Waals surface area contributed by atoms with E-state index in [9.17, 15) is 15.3 Å². The summed E-state index contributed by atoms with van der Waals surface area (Å²) >= 11 is 0. The summed E-state index contributed by atoms with van der Waals surface area (Å²) in [5, 5.41) is 38.4. The Labute approximate surface area is 373 Å². The van der Waals surface area contributed by atoms with Gasteiger partial charge >= 0.3 is 0 Å². The SMILES string of the molecule is CC[C@@H]1C[C@H]2C=C[C@@H]1C[C@@H](O)CCCN=C(N)NCC[C@@H]1CCC[C@@H]3CC#COc4ccc(cc4O[C@@H]13)[C@@H]1Oc3cc(OC)c4c(c3C[C@H]1O)[C@@H]2Cc1cc(O)c(CC(C)C)cc1-4. The predicted molar refractivity (Wildman–Crippen MR) is 246 cm³/mol. The molecule has 0 saturated heterocycles. The molecule has 8 aliphatic rings. The minimum absolute atomic E-state index is 0.0501. The number of methoxy groups -OCH3 is 1. The molecule has 0 radical (unpaired) electrons. The van der Waals surface area contributed by atoms with E-state index in [0.717, 1.165) is 103 Å². The molecule has 10 heteroatoms. The molecule has 0 unspecified atom stereocenters. The number of allylic oxidation sites excluding steroid dienone is 2. The minimum atomic E-state index is -0.841. The van der Waals surface area contributed by atoms with Gasteiger partial charge in [0.1, 0.15) is 35.6 Å². The zero-order valence-corrected chi connectivity index (χ0v) is 37.6. The molecule has 5 heterocycles. The Hall–Kier alpha value is -4.85. The zero-order chi connectivity index (χ0) is 43.8. The lowest BCUT2D eigenvalue weighted by Crippen LogP contribution is -2.41. The standard InChI is InChI=1S/C53H67N3O7/c1-5-31-22-35-14-13-34(31)23-39(57)12-7-18-55-53(54)56-19-17-33-10-6-9-32-11-8-20-61-45-16-15-36(27-47(45)63-51(32)33)52-44(59)28-42-46(62-52)29-48(60-4)50-41-25-38(21-30(2)3)43(58)26-37(41)24-40(35)49(42)50/h13-16,25-27,29-35,39-40,44,51-52,57-59H,5-7,9-12,17-19,21-24,28H2,1-4H3,(H3,54,55,56)/t31-,32-,33+,34-,35-,39+,40-,44-,51-,52+/m1/s1. The van der Waals surface area contributed by atoms with Crippen molar-refractivity contribution in [2.45, 2.75) is 135 Å². The largest absolute Gasteiger partial charge is 0.508 e. The van der Waals surface area contributed by atoms with Crippen LogP contribution in [0, 0.1) is 47.5 Å². The van der Waals surface area contributed by atoms with E-state index >= 15 is 0 Å². The molecule has 3 aliphatic carbocycles. The number of ether oxygens (including phenoxy) is 4. The average Bonchev–Trinajstić information content (AvgIpc) is 3.36. The smallest absolute Gasteiger partial charge is 0.188 e. The van der Waals surface area contributed by atoms with Crippen molar-refractivity contribution in [3.05, 3.63) is 76.4 Å². The molecule has 336 valence electrons. The molecule has 1 saturated carbocycles. The van der Waals surface area contributed by atoms with Gasteiger partial charge in [-0.3, -0.25) is 4.99 Å². The van der Waals surface area contributed by atoms with Crippen LogP contribution < -0.4 is 30.0 Å². The number of phenols is 1. The number of aliphatic hydroxyl groups is 2. The number of phenolic OH excluding ortho intramolecular Hbond substituents is 1. The molecule has 0 spiro atoms. The number of aliphatic imine (C=N–C) groups is 1. The van der Waals surface area contributed by atoms with Crippen LogP contribution in [0.3, 0.4) is 0 Å². The summed E-state index contributed by atoms with van der Waals surface area (Å²) in [7, 11) is 1.73. The van der Waals surface area contributed by atoms with Crippen LogP contribution in [-0.4, -0.2) is 59.8 Å². The lowest BCUT2D eigenvalue weighted by Gasteiger charge is -2.42. The quantitative estimate of drug-likeness (QED) is 0.128. The number of rotatable bonds is 4. The van der Waals surface area contributed by atoms with Crippen molar-refractivity contribution in [3.63, 3.8) is 0 Å².